The van der Waals surface area contributed by atoms with Gasteiger partial charge in [0.25, 0.3) is 0 Å². The smallest absolute Gasteiger partial charge is 0.233 e. The van der Waals surface area contributed by atoms with Crippen molar-refractivity contribution >= 4 is 11.6 Å². The van der Waals surface area contributed by atoms with Gasteiger partial charge in [-0.25, -0.2) is 8.78 Å². The Labute approximate surface area is 175 Å². The number of aliphatic hydroxyl groups excluding tert-OH is 1. The molecule has 0 aromatic heterocycles. The maximum atomic E-state index is 13.3. The van der Waals surface area contributed by atoms with Crippen LogP contribution in [-0.2, 0) is 4.79 Å². The molecule has 156 valence electrons. The molecule has 0 saturated carbocycles. The molecule has 3 atom stereocenters. The lowest BCUT2D eigenvalue weighted by atomic mass is 9.78. The van der Waals surface area contributed by atoms with Gasteiger partial charge in [-0.3, -0.25) is 4.79 Å². The summed E-state index contributed by atoms with van der Waals surface area (Å²) in [5, 5.41) is 10.5. The minimum atomic E-state index is -0.774. The first-order valence-electron chi connectivity index (χ1n) is 9.90. The predicted molar refractivity (Wildman–Crippen MR) is 115 cm³/mol. The second-order valence-corrected chi connectivity index (χ2v) is 7.41. The van der Waals surface area contributed by atoms with Crippen LogP contribution in [0, 0.1) is 17.6 Å². The first-order chi connectivity index (χ1) is 14.4. The average Bonchev–Trinajstić information content (AvgIpc) is 2.73. The van der Waals surface area contributed by atoms with Gasteiger partial charge in [-0.15, -0.1) is 0 Å². The molecular weight excluding hydrogens is 384 g/mol. The van der Waals surface area contributed by atoms with Crippen LogP contribution in [0.4, 0.5) is 14.5 Å². The van der Waals surface area contributed by atoms with Crippen molar-refractivity contribution in [2.75, 3.05) is 4.90 Å². The molecule has 1 amide bonds. The number of aliphatic hydroxyl groups is 1. The number of carbonyl (C=O) groups excluding carboxylic acids is 1. The Morgan fingerprint density at radius 3 is 2.30 bits per heavy atom. The van der Waals surface area contributed by atoms with Gasteiger partial charge < -0.3 is 10.0 Å². The molecule has 0 bridgehead atoms. The van der Waals surface area contributed by atoms with Crippen LogP contribution in [0.3, 0.4) is 0 Å². The third-order valence-electron chi connectivity index (χ3n) is 5.40. The van der Waals surface area contributed by atoms with E-state index >= 15 is 0 Å². The Morgan fingerprint density at radius 2 is 1.70 bits per heavy atom. The van der Waals surface area contributed by atoms with E-state index in [1.54, 1.807) is 41.3 Å². The van der Waals surface area contributed by atoms with E-state index in [1.165, 1.54) is 24.3 Å². The summed E-state index contributed by atoms with van der Waals surface area (Å²) in [6.07, 6.45) is 7.35. The van der Waals surface area contributed by atoms with Crippen molar-refractivity contribution in [3.63, 3.8) is 0 Å². The Morgan fingerprint density at radius 1 is 1.10 bits per heavy atom. The molecule has 2 aromatic rings. The van der Waals surface area contributed by atoms with Gasteiger partial charge in [0, 0.05) is 5.69 Å². The maximum Gasteiger partial charge on any atom is 0.233 e. The number of carbonyl (C=O) groups is 1. The molecular formula is C25H25F2NO2. The van der Waals surface area contributed by atoms with Crippen LogP contribution in [0.1, 0.15) is 31.4 Å². The molecule has 3 rings (SSSR count). The van der Waals surface area contributed by atoms with E-state index in [0.717, 1.165) is 5.57 Å². The van der Waals surface area contributed by atoms with Crippen molar-refractivity contribution in [3.05, 3.63) is 102 Å². The van der Waals surface area contributed by atoms with Crippen LogP contribution in [-0.4, -0.2) is 17.1 Å². The van der Waals surface area contributed by atoms with Crippen LogP contribution < -0.4 is 4.90 Å². The van der Waals surface area contributed by atoms with Crippen molar-refractivity contribution in [2.24, 2.45) is 5.92 Å². The number of anilines is 1. The van der Waals surface area contributed by atoms with E-state index in [9.17, 15) is 18.7 Å². The van der Waals surface area contributed by atoms with Crippen LogP contribution in [0.2, 0.25) is 0 Å². The molecule has 5 heteroatoms. The van der Waals surface area contributed by atoms with Gasteiger partial charge >= 0.3 is 0 Å². The monoisotopic (exact) mass is 409 g/mol. The SMILES string of the molecule is C=C/C=C\C=C(/C)C1[C@@H](CCC(O)c2ccc(F)cc2)C(=O)N1c1ccc(F)cc1. The van der Waals surface area contributed by atoms with Gasteiger partial charge in [0.05, 0.1) is 18.1 Å². The van der Waals surface area contributed by atoms with Gasteiger partial charge in [0.1, 0.15) is 11.6 Å². The fourth-order valence-electron chi connectivity index (χ4n) is 3.81. The third-order valence-corrected chi connectivity index (χ3v) is 5.40. The van der Waals surface area contributed by atoms with Crippen molar-refractivity contribution in [3.8, 4) is 0 Å². The molecule has 1 N–H and O–H groups in total. The molecule has 3 nitrogen and oxygen atoms in total. The standard InChI is InChI=1S/C25H25F2NO2/c1-3-4-5-6-17(2)24-22(15-16-23(29)18-7-9-19(26)10-8-18)25(30)28(24)21-13-11-20(27)12-14-21/h3-14,22-24,29H,1,15-16H2,2H3/b5-4-,17-6+/t22-,23?,24?/m1/s1. The van der Waals surface area contributed by atoms with E-state index in [0.29, 0.717) is 24.1 Å². The summed E-state index contributed by atoms with van der Waals surface area (Å²) < 4.78 is 26.4. The fraction of sp³-hybridized carbons (Fsp3) is 0.240. The number of hydrogen-bond acceptors (Lipinski definition) is 2. The predicted octanol–water partition coefficient (Wildman–Crippen LogP) is 5.50. The number of amides is 1. The zero-order valence-electron chi connectivity index (χ0n) is 16.8. The van der Waals surface area contributed by atoms with Gasteiger partial charge in [-0.05, 0) is 67.3 Å². The van der Waals surface area contributed by atoms with Gasteiger partial charge in [-0.1, -0.05) is 43.0 Å². The summed E-state index contributed by atoms with van der Waals surface area (Å²) in [7, 11) is 0. The number of rotatable bonds is 8. The second-order valence-electron chi connectivity index (χ2n) is 7.41. The Kier molecular flexibility index (Phi) is 6.95. The zero-order valence-corrected chi connectivity index (χ0v) is 16.8. The summed E-state index contributed by atoms with van der Waals surface area (Å²) in [5.74, 6) is -1.07. The molecule has 1 aliphatic heterocycles. The van der Waals surface area contributed by atoms with Crippen LogP contribution in [0.15, 0.2) is 85.0 Å². The zero-order chi connectivity index (χ0) is 21.7. The molecule has 1 heterocycles. The molecule has 30 heavy (non-hydrogen) atoms. The lowest BCUT2D eigenvalue weighted by Crippen LogP contribution is -2.61. The van der Waals surface area contributed by atoms with E-state index in [4.69, 9.17) is 0 Å². The molecule has 0 spiro atoms. The van der Waals surface area contributed by atoms with Crippen molar-refractivity contribution in [1.29, 1.82) is 0 Å². The van der Waals surface area contributed by atoms with E-state index in [2.05, 4.69) is 6.58 Å². The topological polar surface area (TPSA) is 40.5 Å². The number of hydrogen-bond donors (Lipinski definition) is 1. The van der Waals surface area contributed by atoms with Gasteiger partial charge in [0.2, 0.25) is 5.91 Å². The molecule has 2 aromatic carbocycles. The molecule has 2 unspecified atom stereocenters. The highest BCUT2D eigenvalue weighted by atomic mass is 19.1. The molecule has 1 saturated heterocycles. The van der Waals surface area contributed by atoms with E-state index in [-0.39, 0.29) is 29.5 Å². The van der Waals surface area contributed by atoms with Crippen molar-refractivity contribution < 1.29 is 18.7 Å². The Balaban J connectivity index is 1.77. The third kappa shape index (κ3) is 4.74. The van der Waals surface area contributed by atoms with E-state index in [1.807, 2.05) is 19.1 Å². The number of benzene rings is 2. The first-order valence-corrected chi connectivity index (χ1v) is 9.90. The molecule has 1 fully saturated rings. The van der Waals surface area contributed by atoms with Gasteiger partial charge in [0.15, 0.2) is 0 Å². The minimum Gasteiger partial charge on any atom is -0.388 e. The van der Waals surface area contributed by atoms with E-state index < -0.39 is 6.10 Å². The Bertz CT molecular complexity index is 948. The van der Waals surface area contributed by atoms with Crippen molar-refractivity contribution in [2.45, 2.75) is 31.9 Å². The van der Waals surface area contributed by atoms with Crippen LogP contribution in [0.25, 0.3) is 0 Å². The minimum absolute atomic E-state index is 0.0571. The summed E-state index contributed by atoms with van der Waals surface area (Å²) in [6.45, 7) is 5.60. The fourth-order valence-corrected chi connectivity index (χ4v) is 3.81. The molecule has 0 radical (unpaired) electrons. The largest absolute Gasteiger partial charge is 0.388 e. The average molecular weight is 409 g/mol. The van der Waals surface area contributed by atoms with Crippen LogP contribution in [0.5, 0.6) is 0 Å². The maximum absolute atomic E-state index is 13.3. The number of allylic oxidation sites excluding steroid dienone is 4. The highest BCUT2D eigenvalue weighted by Gasteiger charge is 2.48. The molecule has 0 aliphatic carbocycles. The Hall–Kier alpha value is -3.05. The summed E-state index contributed by atoms with van der Waals surface area (Å²) in [5.41, 5.74) is 2.25. The number of β-lactam (4-membered cyclic amide) rings is 1. The quantitative estimate of drug-likeness (QED) is 0.462. The van der Waals surface area contributed by atoms with Crippen LogP contribution >= 0.6 is 0 Å². The summed E-state index contributed by atoms with van der Waals surface area (Å²) in [4.78, 5) is 14.6. The molecule has 1 aliphatic rings. The highest BCUT2D eigenvalue weighted by molar-refractivity contribution is 6.04. The first kappa shape index (κ1) is 21.7. The number of nitrogens with zero attached hydrogens (tertiary/aromatic N) is 1. The van der Waals surface area contributed by atoms with Crippen molar-refractivity contribution in [1.82, 2.24) is 0 Å². The summed E-state index contributed by atoms with van der Waals surface area (Å²) >= 11 is 0. The lowest BCUT2D eigenvalue weighted by molar-refractivity contribution is -0.129. The lowest BCUT2D eigenvalue weighted by Gasteiger charge is -2.48. The second kappa shape index (κ2) is 9.63. The highest BCUT2D eigenvalue weighted by Crippen LogP contribution is 2.40. The van der Waals surface area contributed by atoms with Gasteiger partial charge in [-0.2, -0.15) is 0 Å². The normalized spacial score (nSPS) is 20.3. The summed E-state index contributed by atoms with van der Waals surface area (Å²) in [6, 6.07) is 11.4. The number of halogens is 2.